The number of thioether (sulfide) groups is 2. The third kappa shape index (κ3) is 4.61. The maximum absolute atomic E-state index is 13.8. The van der Waals surface area contributed by atoms with Crippen LogP contribution in [0, 0.1) is 0 Å². The van der Waals surface area contributed by atoms with E-state index in [1.54, 1.807) is 18.9 Å². The summed E-state index contributed by atoms with van der Waals surface area (Å²) in [5, 5.41) is 3.93. The van der Waals surface area contributed by atoms with Crippen molar-refractivity contribution in [3.63, 3.8) is 0 Å². The molecule has 1 amide bonds. The molecule has 1 fully saturated rings. The van der Waals surface area contributed by atoms with Crippen LogP contribution in [0.1, 0.15) is 5.56 Å². The van der Waals surface area contributed by atoms with Gasteiger partial charge in [0.1, 0.15) is 10.7 Å². The highest BCUT2D eigenvalue weighted by atomic mass is 32.2. The Hall–Kier alpha value is -3.68. The first-order valence-electron chi connectivity index (χ1n) is 12.1. The topological polar surface area (TPSA) is 45.1 Å². The minimum Gasteiger partial charge on any atom is -0.497 e. The molecule has 5 nitrogen and oxygen atoms in total. The number of methoxy groups -OCH3 is 1. The van der Waals surface area contributed by atoms with Crippen LogP contribution in [-0.2, 0) is 11.2 Å². The number of anilines is 1. The Morgan fingerprint density at radius 1 is 0.865 bits per heavy atom. The van der Waals surface area contributed by atoms with Gasteiger partial charge in [-0.05, 0) is 58.8 Å². The molecular weight excluding hydrogens is 498 g/mol. The summed E-state index contributed by atoms with van der Waals surface area (Å²) in [4.78, 5) is 24.5. The van der Waals surface area contributed by atoms with Gasteiger partial charge in [-0.3, -0.25) is 9.69 Å². The van der Waals surface area contributed by atoms with Gasteiger partial charge in [0, 0.05) is 24.6 Å². The molecule has 4 aromatic rings. The van der Waals surface area contributed by atoms with Crippen molar-refractivity contribution in [1.29, 1.82) is 0 Å². The Bertz CT molecular complexity index is 1570. The van der Waals surface area contributed by atoms with Gasteiger partial charge < -0.3 is 9.64 Å². The Labute approximate surface area is 224 Å². The quantitative estimate of drug-likeness (QED) is 0.262. The van der Waals surface area contributed by atoms with Gasteiger partial charge in [-0.1, -0.05) is 72.4 Å². The van der Waals surface area contributed by atoms with Gasteiger partial charge in [0.05, 0.1) is 23.5 Å². The molecule has 6 rings (SSSR count). The first kappa shape index (κ1) is 23.7. The smallest absolute Gasteiger partial charge is 0.269 e. The van der Waals surface area contributed by atoms with Crippen molar-refractivity contribution in [3.05, 3.63) is 106 Å². The van der Waals surface area contributed by atoms with Crippen molar-refractivity contribution in [1.82, 2.24) is 4.90 Å². The summed E-state index contributed by atoms with van der Waals surface area (Å²) in [6, 6.07) is 30.7. The normalized spacial score (nSPS) is 18.2. The Morgan fingerprint density at radius 2 is 1.65 bits per heavy atom. The summed E-state index contributed by atoms with van der Waals surface area (Å²) >= 11 is 3.07. The van der Waals surface area contributed by atoms with E-state index in [0.717, 1.165) is 38.9 Å². The van der Waals surface area contributed by atoms with Crippen LogP contribution in [0.5, 0.6) is 5.75 Å². The summed E-state index contributed by atoms with van der Waals surface area (Å²) in [6.07, 6.45) is 0.757. The predicted molar refractivity (Wildman–Crippen MR) is 155 cm³/mol. The number of carbonyl (C=O) groups excluding carboxylic acids is 1. The average Bonchev–Trinajstić information content (AvgIpc) is 3.42. The van der Waals surface area contributed by atoms with Gasteiger partial charge in [0.25, 0.3) is 5.91 Å². The maximum atomic E-state index is 13.8. The first-order valence-corrected chi connectivity index (χ1v) is 13.7. The number of rotatable bonds is 5. The lowest BCUT2D eigenvalue weighted by Crippen LogP contribution is -2.31. The molecule has 0 aromatic heterocycles. The molecule has 2 aliphatic rings. The largest absolute Gasteiger partial charge is 0.497 e. The van der Waals surface area contributed by atoms with E-state index < -0.39 is 0 Å². The highest BCUT2D eigenvalue weighted by Crippen LogP contribution is 2.51. The molecule has 1 saturated heterocycles. The lowest BCUT2D eigenvalue weighted by molar-refractivity contribution is -0.122. The van der Waals surface area contributed by atoms with Gasteiger partial charge in [-0.2, -0.15) is 0 Å². The van der Waals surface area contributed by atoms with Crippen molar-refractivity contribution in [2.24, 2.45) is 4.99 Å². The van der Waals surface area contributed by atoms with Crippen molar-refractivity contribution < 1.29 is 9.53 Å². The molecule has 0 aliphatic carbocycles. The van der Waals surface area contributed by atoms with Crippen LogP contribution in [-0.4, -0.2) is 36.7 Å². The molecule has 0 N–H and O–H groups in total. The van der Waals surface area contributed by atoms with E-state index in [-0.39, 0.29) is 5.91 Å². The molecule has 0 bridgehead atoms. The number of amides is 1. The van der Waals surface area contributed by atoms with E-state index >= 15 is 0 Å². The molecular formula is C30H25N3O2S2. The van der Waals surface area contributed by atoms with Crippen LogP contribution in [0.2, 0.25) is 0 Å². The van der Waals surface area contributed by atoms with Crippen molar-refractivity contribution in [3.8, 4) is 5.75 Å². The number of benzene rings is 4. The second kappa shape index (κ2) is 10.00. The number of aliphatic imine (C=N–C) groups is 1. The molecule has 2 aliphatic heterocycles. The summed E-state index contributed by atoms with van der Waals surface area (Å²) in [5.74, 6) is 0.792. The monoisotopic (exact) mass is 523 g/mol. The minimum atomic E-state index is -0.00501. The predicted octanol–water partition coefficient (Wildman–Crippen LogP) is 7.07. The van der Waals surface area contributed by atoms with Gasteiger partial charge in [0.2, 0.25) is 0 Å². The molecule has 4 aromatic carbocycles. The van der Waals surface area contributed by atoms with E-state index in [1.165, 1.54) is 22.7 Å². The molecule has 0 spiro atoms. The average molecular weight is 524 g/mol. The molecule has 184 valence electrons. The molecule has 2 heterocycles. The van der Waals surface area contributed by atoms with Gasteiger partial charge in [-0.25, -0.2) is 4.99 Å². The number of amidine groups is 1. The maximum Gasteiger partial charge on any atom is 0.269 e. The lowest BCUT2D eigenvalue weighted by Gasteiger charge is -2.17. The molecule has 0 unspecified atom stereocenters. The van der Waals surface area contributed by atoms with Crippen LogP contribution in [0.25, 0.3) is 10.8 Å². The van der Waals surface area contributed by atoms with Gasteiger partial charge >= 0.3 is 0 Å². The molecule has 37 heavy (non-hydrogen) atoms. The Balaban J connectivity index is 1.37. The molecule has 0 saturated carbocycles. The van der Waals surface area contributed by atoms with Crippen LogP contribution in [0.3, 0.4) is 0 Å². The molecule has 0 atom stereocenters. The van der Waals surface area contributed by atoms with Crippen LogP contribution >= 0.6 is 23.5 Å². The SMILES string of the molecule is COc1ccc2c(c1)N(C)/C(=C1/SC(=Nc3ccc4ccccc4c3)N(CCc3ccccc3)C1=O)S2. The lowest BCUT2D eigenvalue weighted by atomic mass is 10.1. The van der Waals surface area contributed by atoms with E-state index in [4.69, 9.17) is 9.73 Å². The standard InChI is InChI=1S/C30H25N3O2S2/c1-32-25-19-24(35-2)14-15-26(25)36-29(32)27-28(34)33(17-16-20-8-4-3-5-9-20)30(37-27)31-23-13-12-21-10-6-7-11-22(21)18-23/h3-15,18-19H,16-17H2,1-2H3/b29-27-,31-30?. The number of hydrogen-bond donors (Lipinski definition) is 0. The second-order valence-corrected chi connectivity index (χ2v) is 10.9. The highest BCUT2D eigenvalue weighted by molar-refractivity contribution is 8.19. The van der Waals surface area contributed by atoms with Crippen LogP contribution in [0.4, 0.5) is 11.4 Å². The van der Waals surface area contributed by atoms with Crippen molar-refractivity contribution in [2.75, 3.05) is 25.6 Å². The summed E-state index contributed by atoms with van der Waals surface area (Å²) in [5.41, 5.74) is 3.07. The summed E-state index contributed by atoms with van der Waals surface area (Å²) in [7, 11) is 3.67. The molecule has 0 radical (unpaired) electrons. The second-order valence-electron chi connectivity index (χ2n) is 8.85. The van der Waals surface area contributed by atoms with Crippen LogP contribution < -0.4 is 9.64 Å². The molecule has 7 heteroatoms. The van der Waals surface area contributed by atoms with Gasteiger partial charge in [-0.15, -0.1) is 0 Å². The highest BCUT2D eigenvalue weighted by Gasteiger charge is 2.39. The number of nitrogens with zero attached hydrogens (tertiary/aromatic N) is 3. The van der Waals surface area contributed by atoms with Gasteiger partial charge in [0.15, 0.2) is 5.17 Å². The first-order chi connectivity index (χ1) is 18.1. The van der Waals surface area contributed by atoms with E-state index in [9.17, 15) is 4.79 Å². The zero-order chi connectivity index (χ0) is 25.4. The Morgan fingerprint density at radius 3 is 2.46 bits per heavy atom. The number of ether oxygens (including phenoxy) is 1. The fraction of sp³-hybridized carbons (Fsp3) is 0.133. The van der Waals surface area contributed by atoms with Crippen molar-refractivity contribution >= 4 is 56.7 Å². The van der Waals surface area contributed by atoms with Crippen LogP contribution in [0.15, 0.2) is 111 Å². The number of hydrogen-bond acceptors (Lipinski definition) is 6. The Kier molecular flexibility index (Phi) is 6.40. The number of carbonyl (C=O) groups is 1. The third-order valence-corrected chi connectivity index (χ3v) is 8.95. The minimum absolute atomic E-state index is 0.00501. The number of fused-ring (bicyclic) bond motifs is 2. The van der Waals surface area contributed by atoms with E-state index in [2.05, 4.69) is 41.3 Å². The zero-order valence-corrected chi connectivity index (χ0v) is 22.2. The van der Waals surface area contributed by atoms with E-state index in [0.29, 0.717) is 16.6 Å². The summed E-state index contributed by atoms with van der Waals surface area (Å²) < 4.78 is 5.42. The summed E-state index contributed by atoms with van der Waals surface area (Å²) in [6.45, 7) is 0.564. The fourth-order valence-corrected chi connectivity index (χ4v) is 6.86. The van der Waals surface area contributed by atoms with E-state index in [1.807, 2.05) is 66.5 Å². The zero-order valence-electron chi connectivity index (χ0n) is 20.5. The van der Waals surface area contributed by atoms with Crippen molar-refractivity contribution in [2.45, 2.75) is 11.3 Å². The fourth-order valence-electron chi connectivity index (χ4n) is 4.51. The third-order valence-electron chi connectivity index (χ3n) is 6.52.